The fraction of sp³-hybridized carbons (Fsp3) is 0.450. The molecule has 9 heteroatoms. The third kappa shape index (κ3) is 2.93. The SMILES string of the molecule is COCc1c(C(=O)N2C3CCC2Cn2c(nnc2-c2cccnc2)C3)noc1C. The standard InChI is InChI=1S/C20H22N6O3/c1-12-16(11-28-2)18(24-29-12)20(27)26-14-5-6-15(26)10-25-17(8-14)22-23-19(25)13-4-3-7-21-9-13/h3-4,7,9,14-15H,5-6,8,10-11H2,1-2H3. The summed E-state index contributed by atoms with van der Waals surface area (Å²) in [6.45, 7) is 2.76. The minimum absolute atomic E-state index is 0.0626. The molecule has 150 valence electrons. The second-order valence-electron chi connectivity index (χ2n) is 7.59. The van der Waals surface area contributed by atoms with Gasteiger partial charge in [0.15, 0.2) is 11.5 Å². The highest BCUT2D eigenvalue weighted by Gasteiger charge is 2.43. The van der Waals surface area contributed by atoms with Crippen LogP contribution in [0.25, 0.3) is 11.4 Å². The normalized spacial score (nSPS) is 20.6. The fourth-order valence-corrected chi connectivity index (χ4v) is 4.48. The number of methoxy groups -OCH3 is 1. The molecule has 1 saturated heterocycles. The van der Waals surface area contributed by atoms with Gasteiger partial charge in [-0.15, -0.1) is 10.2 Å². The van der Waals surface area contributed by atoms with Gasteiger partial charge in [-0.2, -0.15) is 0 Å². The Balaban J connectivity index is 1.48. The average molecular weight is 394 g/mol. The van der Waals surface area contributed by atoms with Crippen LogP contribution in [0.2, 0.25) is 0 Å². The molecule has 2 aliphatic rings. The second kappa shape index (κ2) is 7.07. The molecule has 1 amide bonds. The van der Waals surface area contributed by atoms with Crippen molar-refractivity contribution in [3.05, 3.63) is 47.4 Å². The number of rotatable bonds is 4. The molecule has 2 atom stereocenters. The molecule has 0 radical (unpaired) electrons. The lowest BCUT2D eigenvalue weighted by Gasteiger charge is -2.27. The molecule has 0 N–H and O–H groups in total. The van der Waals surface area contributed by atoms with E-state index in [2.05, 4.69) is 24.9 Å². The van der Waals surface area contributed by atoms with Crippen molar-refractivity contribution in [2.75, 3.05) is 7.11 Å². The number of carbonyl (C=O) groups excluding carboxylic acids is 1. The number of hydrogen-bond donors (Lipinski definition) is 0. The number of nitrogens with zero attached hydrogens (tertiary/aromatic N) is 6. The molecule has 5 heterocycles. The first kappa shape index (κ1) is 18.0. The van der Waals surface area contributed by atoms with Gasteiger partial charge in [0.1, 0.15) is 11.6 Å². The fourth-order valence-electron chi connectivity index (χ4n) is 4.48. The quantitative estimate of drug-likeness (QED) is 0.667. The Kier molecular flexibility index (Phi) is 4.39. The maximum absolute atomic E-state index is 13.4. The van der Waals surface area contributed by atoms with Crippen LogP contribution in [-0.4, -0.2) is 54.9 Å². The topological polar surface area (TPSA) is 99.2 Å². The molecule has 0 spiro atoms. The van der Waals surface area contributed by atoms with E-state index in [1.807, 2.05) is 17.0 Å². The number of fused-ring (bicyclic) bond motifs is 3. The highest BCUT2D eigenvalue weighted by molar-refractivity contribution is 5.94. The van der Waals surface area contributed by atoms with Gasteiger partial charge in [-0.1, -0.05) is 5.16 Å². The zero-order chi connectivity index (χ0) is 20.0. The van der Waals surface area contributed by atoms with Gasteiger partial charge in [-0.3, -0.25) is 9.78 Å². The van der Waals surface area contributed by atoms with Crippen LogP contribution in [0.5, 0.6) is 0 Å². The van der Waals surface area contributed by atoms with Crippen molar-refractivity contribution in [1.29, 1.82) is 0 Å². The maximum Gasteiger partial charge on any atom is 0.277 e. The largest absolute Gasteiger partial charge is 0.380 e. The van der Waals surface area contributed by atoms with Gasteiger partial charge in [0.2, 0.25) is 0 Å². The summed E-state index contributed by atoms with van der Waals surface area (Å²) in [5.74, 6) is 2.23. The molecule has 0 aliphatic carbocycles. The van der Waals surface area contributed by atoms with Crippen LogP contribution in [0.15, 0.2) is 29.0 Å². The number of aromatic nitrogens is 5. The zero-order valence-corrected chi connectivity index (χ0v) is 16.4. The molecular weight excluding hydrogens is 372 g/mol. The number of aryl methyl sites for hydroxylation is 1. The Morgan fingerprint density at radius 3 is 2.97 bits per heavy atom. The Hall–Kier alpha value is -3.07. The van der Waals surface area contributed by atoms with Crippen molar-refractivity contribution in [3.8, 4) is 11.4 Å². The number of carbonyl (C=O) groups is 1. The van der Waals surface area contributed by atoms with Crippen LogP contribution in [0.4, 0.5) is 0 Å². The summed E-state index contributed by atoms with van der Waals surface area (Å²) in [4.78, 5) is 19.6. The van der Waals surface area contributed by atoms with E-state index >= 15 is 0 Å². The summed E-state index contributed by atoms with van der Waals surface area (Å²) in [6, 6.07) is 4.01. The molecule has 3 aromatic heterocycles. The lowest BCUT2D eigenvalue weighted by molar-refractivity contribution is 0.0651. The van der Waals surface area contributed by atoms with Crippen LogP contribution in [0.1, 0.15) is 40.5 Å². The first-order valence-corrected chi connectivity index (χ1v) is 9.76. The molecule has 3 aromatic rings. The summed E-state index contributed by atoms with van der Waals surface area (Å²) in [7, 11) is 1.60. The van der Waals surface area contributed by atoms with Crippen LogP contribution in [-0.2, 0) is 24.3 Å². The molecule has 0 saturated carbocycles. The predicted octanol–water partition coefficient (Wildman–Crippen LogP) is 2.01. The van der Waals surface area contributed by atoms with E-state index < -0.39 is 0 Å². The van der Waals surface area contributed by atoms with Gasteiger partial charge in [0, 0.05) is 44.1 Å². The molecule has 1 fully saturated rings. The molecule has 2 aliphatic heterocycles. The third-order valence-corrected chi connectivity index (χ3v) is 5.89. The summed E-state index contributed by atoms with van der Waals surface area (Å²) in [5.41, 5.74) is 2.00. The van der Waals surface area contributed by atoms with Gasteiger partial charge in [-0.05, 0) is 31.9 Å². The lowest BCUT2D eigenvalue weighted by atomic mass is 10.1. The van der Waals surface area contributed by atoms with E-state index in [0.29, 0.717) is 31.0 Å². The number of ether oxygens (including phenoxy) is 1. The average Bonchev–Trinajstić information content (AvgIpc) is 3.38. The third-order valence-electron chi connectivity index (χ3n) is 5.89. The summed E-state index contributed by atoms with van der Waals surface area (Å²) < 4.78 is 12.7. The van der Waals surface area contributed by atoms with E-state index in [1.165, 1.54) is 0 Å². The van der Waals surface area contributed by atoms with Crippen molar-refractivity contribution in [1.82, 2.24) is 29.8 Å². The van der Waals surface area contributed by atoms with Crippen molar-refractivity contribution < 1.29 is 14.1 Å². The highest BCUT2D eigenvalue weighted by Crippen LogP contribution is 2.34. The smallest absolute Gasteiger partial charge is 0.277 e. The van der Waals surface area contributed by atoms with Gasteiger partial charge in [0.05, 0.1) is 18.2 Å². The van der Waals surface area contributed by atoms with Crippen LogP contribution < -0.4 is 0 Å². The van der Waals surface area contributed by atoms with E-state index in [9.17, 15) is 4.79 Å². The molecule has 5 rings (SSSR count). The number of pyridine rings is 1. The van der Waals surface area contributed by atoms with Crippen LogP contribution >= 0.6 is 0 Å². The van der Waals surface area contributed by atoms with Crippen LogP contribution in [0, 0.1) is 6.92 Å². The zero-order valence-electron chi connectivity index (χ0n) is 16.4. The molecule has 0 aromatic carbocycles. The van der Waals surface area contributed by atoms with E-state index in [1.54, 1.807) is 26.4 Å². The second-order valence-corrected chi connectivity index (χ2v) is 7.59. The summed E-state index contributed by atoms with van der Waals surface area (Å²) in [5, 5.41) is 12.9. The van der Waals surface area contributed by atoms with E-state index in [0.717, 1.165) is 35.6 Å². The van der Waals surface area contributed by atoms with E-state index in [-0.39, 0.29) is 18.0 Å². The monoisotopic (exact) mass is 394 g/mol. The van der Waals surface area contributed by atoms with Crippen molar-refractivity contribution in [2.24, 2.45) is 0 Å². The number of amides is 1. The molecule has 29 heavy (non-hydrogen) atoms. The molecule has 2 unspecified atom stereocenters. The van der Waals surface area contributed by atoms with Gasteiger partial charge in [-0.25, -0.2) is 0 Å². The van der Waals surface area contributed by atoms with Gasteiger partial charge in [0.25, 0.3) is 5.91 Å². The summed E-state index contributed by atoms with van der Waals surface area (Å²) in [6.07, 6.45) is 6.09. The lowest BCUT2D eigenvalue weighted by Crippen LogP contribution is -2.42. The molecular formula is C20H22N6O3. The van der Waals surface area contributed by atoms with Crippen molar-refractivity contribution in [3.63, 3.8) is 0 Å². The van der Waals surface area contributed by atoms with Gasteiger partial charge >= 0.3 is 0 Å². The molecule has 9 nitrogen and oxygen atoms in total. The van der Waals surface area contributed by atoms with Crippen molar-refractivity contribution >= 4 is 5.91 Å². The van der Waals surface area contributed by atoms with Gasteiger partial charge < -0.3 is 18.7 Å². The predicted molar refractivity (Wildman–Crippen MR) is 102 cm³/mol. The van der Waals surface area contributed by atoms with E-state index in [4.69, 9.17) is 9.26 Å². The summed E-state index contributed by atoms with van der Waals surface area (Å²) >= 11 is 0. The Morgan fingerprint density at radius 1 is 1.31 bits per heavy atom. The Labute approximate surface area is 167 Å². The first-order chi connectivity index (χ1) is 14.2. The molecule has 2 bridgehead atoms. The number of hydrogen-bond acceptors (Lipinski definition) is 7. The Morgan fingerprint density at radius 2 is 2.17 bits per heavy atom. The minimum Gasteiger partial charge on any atom is -0.380 e. The van der Waals surface area contributed by atoms with Crippen molar-refractivity contribution in [2.45, 2.75) is 51.4 Å². The Bertz CT molecular complexity index is 1040. The minimum atomic E-state index is -0.0944. The maximum atomic E-state index is 13.4. The first-order valence-electron chi connectivity index (χ1n) is 9.76. The highest BCUT2D eigenvalue weighted by atomic mass is 16.5. The van der Waals surface area contributed by atoms with Crippen LogP contribution in [0.3, 0.4) is 0 Å².